The molecule has 1 unspecified atom stereocenters. The van der Waals surface area contributed by atoms with E-state index in [1.54, 1.807) is 21.3 Å². The predicted octanol–water partition coefficient (Wildman–Crippen LogP) is 4.22. The minimum Gasteiger partial charge on any atom is -0.519 e. The zero-order chi connectivity index (χ0) is 18.1. The van der Waals surface area contributed by atoms with E-state index in [1.807, 2.05) is 6.92 Å². The fourth-order valence-electron chi connectivity index (χ4n) is 3.03. The SMILES string of the molecule is CCC[Si](CCC)(OC(=O)C(C)C[Si](OC)(OC)OC)C(C)C. The molecule has 0 aliphatic heterocycles. The summed E-state index contributed by atoms with van der Waals surface area (Å²) in [4.78, 5) is 12.7. The van der Waals surface area contributed by atoms with Crippen molar-refractivity contribution in [1.82, 2.24) is 0 Å². The summed E-state index contributed by atoms with van der Waals surface area (Å²) < 4.78 is 22.5. The number of carbonyl (C=O) groups is 1. The largest absolute Gasteiger partial charge is 0.519 e. The smallest absolute Gasteiger partial charge is 0.501 e. The van der Waals surface area contributed by atoms with E-state index in [2.05, 4.69) is 27.7 Å². The Morgan fingerprint density at radius 2 is 1.35 bits per heavy atom. The number of hydrogen-bond donors (Lipinski definition) is 0. The lowest BCUT2D eigenvalue weighted by atomic mass is 10.2. The van der Waals surface area contributed by atoms with Crippen LogP contribution < -0.4 is 0 Å². The van der Waals surface area contributed by atoms with Gasteiger partial charge in [0.25, 0.3) is 14.3 Å². The van der Waals surface area contributed by atoms with E-state index >= 15 is 0 Å². The molecule has 0 fully saturated rings. The molecule has 0 aromatic rings. The van der Waals surface area contributed by atoms with Crippen molar-refractivity contribution in [3.63, 3.8) is 0 Å². The molecular formula is C16H36O5Si2. The van der Waals surface area contributed by atoms with Crippen molar-refractivity contribution >= 4 is 23.1 Å². The molecule has 0 aromatic carbocycles. The van der Waals surface area contributed by atoms with Gasteiger partial charge in [0, 0.05) is 27.4 Å². The molecule has 0 saturated carbocycles. The summed E-state index contributed by atoms with van der Waals surface area (Å²) in [6, 6.07) is 2.49. The minimum absolute atomic E-state index is 0.129. The van der Waals surface area contributed by atoms with Crippen molar-refractivity contribution in [2.45, 2.75) is 71.1 Å². The maximum Gasteiger partial charge on any atom is 0.501 e. The fraction of sp³-hybridized carbons (Fsp3) is 0.938. The van der Waals surface area contributed by atoms with Gasteiger partial charge >= 0.3 is 8.80 Å². The Morgan fingerprint density at radius 3 is 1.65 bits per heavy atom. The van der Waals surface area contributed by atoms with Crippen LogP contribution in [0.15, 0.2) is 0 Å². The molecule has 0 spiro atoms. The van der Waals surface area contributed by atoms with Crippen LogP contribution in [-0.4, -0.2) is 44.4 Å². The van der Waals surface area contributed by atoms with Crippen LogP contribution in [0, 0.1) is 5.92 Å². The second kappa shape index (κ2) is 10.6. The van der Waals surface area contributed by atoms with Crippen LogP contribution in [-0.2, 0) is 22.5 Å². The average Bonchev–Trinajstić information content (AvgIpc) is 2.52. The zero-order valence-corrected chi connectivity index (χ0v) is 18.2. The molecule has 0 bridgehead atoms. The highest BCUT2D eigenvalue weighted by Crippen LogP contribution is 2.34. The molecule has 0 radical (unpaired) electrons. The third kappa shape index (κ3) is 6.30. The van der Waals surface area contributed by atoms with Crippen molar-refractivity contribution < 1.29 is 22.5 Å². The maximum absolute atomic E-state index is 12.7. The summed E-state index contributed by atoms with van der Waals surface area (Å²) in [5, 5.41) is 0. The van der Waals surface area contributed by atoms with Crippen LogP contribution >= 0.6 is 0 Å². The van der Waals surface area contributed by atoms with Crippen LogP contribution in [0.4, 0.5) is 0 Å². The van der Waals surface area contributed by atoms with Crippen molar-refractivity contribution in [2.24, 2.45) is 5.92 Å². The van der Waals surface area contributed by atoms with Gasteiger partial charge in [-0.25, -0.2) is 0 Å². The Bertz CT molecular complexity index is 331. The number of rotatable bonds is 12. The van der Waals surface area contributed by atoms with E-state index in [0.29, 0.717) is 11.6 Å². The topological polar surface area (TPSA) is 54.0 Å². The summed E-state index contributed by atoms with van der Waals surface area (Å²) in [5.74, 6) is -0.420. The lowest BCUT2D eigenvalue weighted by Gasteiger charge is -2.36. The first kappa shape index (κ1) is 22.8. The summed E-state index contributed by atoms with van der Waals surface area (Å²) in [6.07, 6.45) is 2.11. The monoisotopic (exact) mass is 364 g/mol. The average molecular weight is 365 g/mol. The highest BCUT2D eigenvalue weighted by Gasteiger charge is 2.45. The van der Waals surface area contributed by atoms with E-state index in [4.69, 9.17) is 17.7 Å². The summed E-state index contributed by atoms with van der Waals surface area (Å²) in [7, 11) is -0.125. The second-order valence-corrected chi connectivity index (χ2v) is 14.0. The van der Waals surface area contributed by atoms with Crippen LogP contribution in [0.3, 0.4) is 0 Å². The molecule has 0 heterocycles. The van der Waals surface area contributed by atoms with Crippen molar-refractivity contribution in [1.29, 1.82) is 0 Å². The first-order valence-electron chi connectivity index (χ1n) is 8.64. The third-order valence-corrected chi connectivity index (χ3v) is 13.0. The Kier molecular flexibility index (Phi) is 10.5. The second-order valence-electron chi connectivity index (χ2n) is 6.54. The van der Waals surface area contributed by atoms with Crippen LogP contribution in [0.2, 0.25) is 23.7 Å². The zero-order valence-electron chi connectivity index (χ0n) is 16.2. The lowest BCUT2D eigenvalue weighted by molar-refractivity contribution is -0.139. The molecule has 0 aromatic heterocycles. The molecular weight excluding hydrogens is 328 g/mol. The van der Waals surface area contributed by atoms with E-state index < -0.39 is 17.1 Å². The fourth-order valence-corrected chi connectivity index (χ4v) is 9.08. The van der Waals surface area contributed by atoms with E-state index in [0.717, 1.165) is 24.9 Å². The Hall–Kier alpha value is -0.216. The Morgan fingerprint density at radius 1 is 0.913 bits per heavy atom. The molecule has 5 nitrogen and oxygen atoms in total. The molecule has 0 N–H and O–H groups in total. The Labute approximate surface area is 144 Å². The normalized spacial score (nSPS) is 14.1. The van der Waals surface area contributed by atoms with Gasteiger partial charge in [0.05, 0.1) is 5.92 Å². The van der Waals surface area contributed by atoms with E-state index in [9.17, 15) is 4.79 Å². The highest BCUT2D eigenvalue weighted by molar-refractivity contribution is 6.76. The minimum atomic E-state index is -2.77. The van der Waals surface area contributed by atoms with Crippen LogP contribution in [0.25, 0.3) is 0 Å². The summed E-state index contributed by atoms with van der Waals surface area (Å²) in [5.41, 5.74) is 0.424. The first-order valence-corrected chi connectivity index (χ1v) is 13.0. The van der Waals surface area contributed by atoms with Gasteiger partial charge in [0.1, 0.15) is 0 Å². The van der Waals surface area contributed by atoms with Crippen LogP contribution in [0.1, 0.15) is 47.5 Å². The molecule has 0 aliphatic carbocycles. The quantitative estimate of drug-likeness (QED) is 0.485. The maximum atomic E-state index is 12.7. The van der Waals surface area contributed by atoms with E-state index in [1.165, 1.54) is 0 Å². The third-order valence-electron chi connectivity index (χ3n) is 4.59. The van der Waals surface area contributed by atoms with Gasteiger partial charge in [-0.3, -0.25) is 4.79 Å². The molecule has 1 atom stereocenters. The lowest BCUT2D eigenvalue weighted by Crippen LogP contribution is -2.48. The van der Waals surface area contributed by atoms with Gasteiger partial charge in [0.15, 0.2) is 0 Å². The predicted molar refractivity (Wildman–Crippen MR) is 97.9 cm³/mol. The van der Waals surface area contributed by atoms with Gasteiger partial charge in [-0.15, -0.1) is 0 Å². The molecule has 0 amide bonds. The van der Waals surface area contributed by atoms with Crippen molar-refractivity contribution in [2.75, 3.05) is 21.3 Å². The summed E-state index contributed by atoms with van der Waals surface area (Å²) in [6.45, 7) is 10.6. The standard InChI is InChI=1S/C16H36O5Si2/c1-9-11-22(12-10-2,14(3)4)21-16(17)15(5)13-23(18-6,19-7)20-8/h14-15H,9-13H2,1-8H3. The molecule has 0 rings (SSSR count). The van der Waals surface area contributed by atoms with E-state index in [-0.39, 0.29) is 11.9 Å². The molecule has 0 saturated heterocycles. The molecule has 7 heteroatoms. The van der Waals surface area contributed by atoms with Crippen molar-refractivity contribution in [3.05, 3.63) is 0 Å². The van der Waals surface area contributed by atoms with Gasteiger partial charge < -0.3 is 17.7 Å². The number of carbonyl (C=O) groups excluding carboxylic acids is 1. The molecule has 138 valence electrons. The van der Waals surface area contributed by atoms with Gasteiger partial charge in [-0.2, -0.15) is 0 Å². The van der Waals surface area contributed by atoms with Crippen LogP contribution in [0.5, 0.6) is 0 Å². The first-order chi connectivity index (χ1) is 10.8. The van der Waals surface area contributed by atoms with Gasteiger partial charge in [0.2, 0.25) is 0 Å². The summed E-state index contributed by atoms with van der Waals surface area (Å²) >= 11 is 0. The highest BCUT2D eigenvalue weighted by atomic mass is 28.4. The van der Waals surface area contributed by atoms with Gasteiger partial charge in [-0.1, -0.05) is 47.5 Å². The Balaban J connectivity index is 5.11. The number of hydrogen-bond acceptors (Lipinski definition) is 5. The van der Waals surface area contributed by atoms with Crippen molar-refractivity contribution in [3.8, 4) is 0 Å². The molecule has 0 aliphatic rings. The molecule has 23 heavy (non-hydrogen) atoms. The van der Waals surface area contributed by atoms with Gasteiger partial charge in [-0.05, 0) is 17.6 Å².